The molecule has 2 aromatic carbocycles. The number of allylic oxidation sites excluding steroid dienone is 1. The fourth-order valence-electron chi connectivity index (χ4n) is 3.66. The zero-order chi connectivity index (χ0) is 21.3. The first-order valence-corrected chi connectivity index (χ1v) is 10.3. The fraction of sp³-hybridized carbons (Fsp3) is 0.444. The first-order valence-electron chi connectivity index (χ1n) is 10.3. The Hall–Kier alpha value is -2.15. The van der Waals surface area contributed by atoms with Gasteiger partial charge in [-0.2, -0.15) is 0 Å². The SMILES string of the molecule is C=C(CC=Nc1c(C)ccc(C)c1C)c1cccc(C)c1C(C)(C)C(C)(C)C. The summed E-state index contributed by atoms with van der Waals surface area (Å²) >= 11 is 0. The zero-order valence-corrected chi connectivity index (χ0v) is 19.3. The van der Waals surface area contributed by atoms with Gasteiger partial charge in [-0.25, -0.2) is 0 Å². The van der Waals surface area contributed by atoms with Crippen LogP contribution >= 0.6 is 0 Å². The molecule has 0 N–H and O–H groups in total. The molecule has 0 unspecified atom stereocenters. The second kappa shape index (κ2) is 8.07. The van der Waals surface area contributed by atoms with E-state index in [2.05, 4.69) is 99.2 Å². The topological polar surface area (TPSA) is 12.4 Å². The Balaban J connectivity index is 2.37. The van der Waals surface area contributed by atoms with Crippen LogP contribution in [0.1, 0.15) is 74.4 Å². The molecule has 0 aliphatic carbocycles. The van der Waals surface area contributed by atoms with E-state index in [0.717, 1.165) is 17.7 Å². The van der Waals surface area contributed by atoms with Crippen molar-refractivity contribution >= 4 is 17.5 Å². The lowest BCUT2D eigenvalue weighted by molar-refractivity contribution is 0.224. The van der Waals surface area contributed by atoms with Gasteiger partial charge in [-0.05, 0) is 77.5 Å². The predicted molar refractivity (Wildman–Crippen MR) is 126 cm³/mol. The van der Waals surface area contributed by atoms with Crippen molar-refractivity contribution in [1.29, 1.82) is 0 Å². The van der Waals surface area contributed by atoms with E-state index in [1.54, 1.807) is 0 Å². The molecule has 28 heavy (non-hydrogen) atoms. The van der Waals surface area contributed by atoms with Gasteiger partial charge in [0, 0.05) is 12.6 Å². The average Bonchev–Trinajstić information content (AvgIpc) is 2.59. The van der Waals surface area contributed by atoms with Crippen LogP contribution in [0, 0.1) is 33.1 Å². The van der Waals surface area contributed by atoms with Gasteiger partial charge in [0.1, 0.15) is 0 Å². The number of hydrogen-bond donors (Lipinski definition) is 0. The summed E-state index contributed by atoms with van der Waals surface area (Å²) in [7, 11) is 0. The quantitative estimate of drug-likeness (QED) is 0.469. The molecule has 0 heterocycles. The molecule has 2 aromatic rings. The van der Waals surface area contributed by atoms with Crippen molar-refractivity contribution in [2.75, 3.05) is 0 Å². The fourth-order valence-corrected chi connectivity index (χ4v) is 3.66. The van der Waals surface area contributed by atoms with Crippen molar-refractivity contribution in [2.45, 2.75) is 74.1 Å². The summed E-state index contributed by atoms with van der Waals surface area (Å²) in [4.78, 5) is 4.81. The van der Waals surface area contributed by atoms with Gasteiger partial charge in [0.05, 0.1) is 5.69 Å². The number of rotatable bonds is 5. The largest absolute Gasteiger partial charge is 0.260 e. The molecule has 0 aliphatic rings. The van der Waals surface area contributed by atoms with Gasteiger partial charge >= 0.3 is 0 Å². The van der Waals surface area contributed by atoms with Crippen molar-refractivity contribution in [2.24, 2.45) is 10.4 Å². The van der Waals surface area contributed by atoms with Crippen LogP contribution in [0.5, 0.6) is 0 Å². The van der Waals surface area contributed by atoms with Gasteiger partial charge in [-0.15, -0.1) is 0 Å². The molecule has 0 aliphatic heterocycles. The highest BCUT2D eigenvalue weighted by atomic mass is 14.7. The molecule has 150 valence electrons. The van der Waals surface area contributed by atoms with Crippen LogP contribution in [0.4, 0.5) is 5.69 Å². The minimum absolute atomic E-state index is 0.0392. The van der Waals surface area contributed by atoms with Gasteiger partial charge in [0.15, 0.2) is 0 Å². The van der Waals surface area contributed by atoms with Crippen LogP contribution in [0.15, 0.2) is 41.9 Å². The summed E-state index contributed by atoms with van der Waals surface area (Å²) in [6.45, 7) is 24.7. The molecule has 0 atom stereocenters. The zero-order valence-electron chi connectivity index (χ0n) is 19.3. The highest BCUT2D eigenvalue weighted by Gasteiger charge is 2.37. The molecule has 1 heteroatoms. The molecule has 0 fully saturated rings. The summed E-state index contributed by atoms with van der Waals surface area (Å²) in [5, 5.41) is 0. The Labute approximate surface area is 172 Å². The van der Waals surface area contributed by atoms with E-state index in [9.17, 15) is 0 Å². The lowest BCUT2D eigenvalue weighted by Crippen LogP contribution is -2.35. The van der Waals surface area contributed by atoms with Crippen molar-refractivity contribution in [1.82, 2.24) is 0 Å². The number of aliphatic imine (C=N–C) groups is 1. The van der Waals surface area contributed by atoms with Crippen molar-refractivity contribution in [3.8, 4) is 0 Å². The molecule has 2 rings (SSSR count). The molecule has 0 spiro atoms. The molecular formula is C27H37N. The summed E-state index contributed by atoms with van der Waals surface area (Å²) < 4.78 is 0. The van der Waals surface area contributed by atoms with Gasteiger partial charge in [0.25, 0.3) is 0 Å². The van der Waals surface area contributed by atoms with Gasteiger partial charge < -0.3 is 0 Å². The van der Waals surface area contributed by atoms with Crippen LogP contribution < -0.4 is 0 Å². The smallest absolute Gasteiger partial charge is 0.0686 e. The minimum atomic E-state index is 0.0392. The normalized spacial score (nSPS) is 12.6. The third kappa shape index (κ3) is 4.29. The summed E-state index contributed by atoms with van der Waals surface area (Å²) in [5.74, 6) is 0. The first kappa shape index (κ1) is 22.1. The number of benzene rings is 2. The summed E-state index contributed by atoms with van der Waals surface area (Å²) in [6, 6.07) is 10.9. The van der Waals surface area contributed by atoms with E-state index in [0.29, 0.717) is 0 Å². The number of aryl methyl sites for hydroxylation is 3. The second-order valence-electron chi connectivity index (χ2n) is 9.66. The van der Waals surface area contributed by atoms with Crippen LogP contribution in [0.2, 0.25) is 0 Å². The summed E-state index contributed by atoms with van der Waals surface area (Å²) in [5.41, 5.74) is 10.2. The average molecular weight is 376 g/mol. The van der Waals surface area contributed by atoms with E-state index in [1.165, 1.54) is 33.4 Å². The Bertz CT molecular complexity index is 905. The first-order chi connectivity index (χ1) is 12.9. The second-order valence-corrected chi connectivity index (χ2v) is 9.66. The number of hydrogen-bond acceptors (Lipinski definition) is 1. The Morgan fingerprint density at radius 1 is 0.893 bits per heavy atom. The van der Waals surface area contributed by atoms with Gasteiger partial charge in [0.2, 0.25) is 0 Å². The lowest BCUT2D eigenvalue weighted by Gasteiger charge is -2.42. The Kier molecular flexibility index (Phi) is 6.38. The molecule has 0 saturated heterocycles. The Morgan fingerprint density at radius 2 is 1.50 bits per heavy atom. The van der Waals surface area contributed by atoms with E-state index in [-0.39, 0.29) is 10.8 Å². The predicted octanol–water partition coefficient (Wildman–Crippen LogP) is 8.05. The maximum atomic E-state index is 4.81. The third-order valence-electron chi connectivity index (χ3n) is 6.62. The van der Waals surface area contributed by atoms with Gasteiger partial charge in [-0.1, -0.05) is 71.5 Å². The maximum absolute atomic E-state index is 4.81. The van der Waals surface area contributed by atoms with Crippen molar-refractivity contribution < 1.29 is 0 Å². The standard InChI is InChI=1S/C27H37N/c1-18-14-15-21(4)25(22(18)5)28-17-16-19(2)23-13-11-12-20(3)24(23)27(9,10)26(6,7)8/h11-15,17H,2,16H2,1,3-10H3. The molecule has 0 bridgehead atoms. The summed E-state index contributed by atoms with van der Waals surface area (Å²) in [6.07, 6.45) is 2.77. The van der Waals surface area contributed by atoms with Crippen molar-refractivity contribution in [3.05, 3.63) is 70.3 Å². The van der Waals surface area contributed by atoms with Crippen molar-refractivity contribution in [3.63, 3.8) is 0 Å². The Morgan fingerprint density at radius 3 is 2.11 bits per heavy atom. The highest BCUT2D eigenvalue weighted by Crippen LogP contribution is 2.45. The molecular weight excluding hydrogens is 338 g/mol. The van der Waals surface area contributed by atoms with E-state index < -0.39 is 0 Å². The molecule has 0 amide bonds. The van der Waals surface area contributed by atoms with Gasteiger partial charge in [-0.3, -0.25) is 4.99 Å². The van der Waals surface area contributed by atoms with Crippen LogP contribution in [-0.2, 0) is 5.41 Å². The molecule has 0 aromatic heterocycles. The molecule has 1 nitrogen and oxygen atoms in total. The third-order valence-corrected chi connectivity index (χ3v) is 6.62. The monoisotopic (exact) mass is 375 g/mol. The van der Waals surface area contributed by atoms with Crippen LogP contribution in [0.3, 0.4) is 0 Å². The minimum Gasteiger partial charge on any atom is -0.260 e. The highest BCUT2D eigenvalue weighted by molar-refractivity contribution is 5.82. The van der Waals surface area contributed by atoms with E-state index >= 15 is 0 Å². The van der Waals surface area contributed by atoms with E-state index in [1.807, 2.05) is 6.21 Å². The lowest BCUT2D eigenvalue weighted by atomic mass is 9.63. The van der Waals surface area contributed by atoms with Crippen LogP contribution in [-0.4, -0.2) is 6.21 Å². The molecule has 0 saturated carbocycles. The van der Waals surface area contributed by atoms with Crippen LogP contribution in [0.25, 0.3) is 5.57 Å². The number of nitrogens with zero attached hydrogens (tertiary/aromatic N) is 1. The van der Waals surface area contributed by atoms with E-state index in [4.69, 9.17) is 4.99 Å². The molecule has 0 radical (unpaired) electrons. The maximum Gasteiger partial charge on any atom is 0.0686 e.